The molecule has 4 nitrogen and oxygen atoms in total. The lowest BCUT2D eigenvalue weighted by Crippen LogP contribution is -1.97. The number of aromatic nitrogens is 2. The van der Waals surface area contributed by atoms with Crippen LogP contribution in [0.4, 0.5) is 0 Å². The highest BCUT2D eigenvalue weighted by Crippen LogP contribution is 2.26. The highest BCUT2D eigenvalue weighted by atomic mass is 35.5. The minimum Gasteiger partial charge on any atom is -0.436 e. The summed E-state index contributed by atoms with van der Waals surface area (Å²) in [4.78, 5) is 8.35. The highest BCUT2D eigenvalue weighted by molar-refractivity contribution is 6.30. The van der Waals surface area contributed by atoms with Crippen LogP contribution < -0.4 is 4.74 Å². The second-order valence-corrected chi connectivity index (χ2v) is 4.09. The summed E-state index contributed by atoms with van der Waals surface area (Å²) in [5.74, 6) is 0.753. The van der Waals surface area contributed by atoms with Crippen molar-refractivity contribution in [2.75, 3.05) is 0 Å². The molecular formula is C13H10ClN3O. The Morgan fingerprint density at radius 1 is 1.22 bits per heavy atom. The van der Waals surface area contributed by atoms with E-state index in [0.29, 0.717) is 11.3 Å². The van der Waals surface area contributed by atoms with Gasteiger partial charge in [0.25, 0.3) is 5.88 Å². The van der Waals surface area contributed by atoms with Crippen molar-refractivity contribution >= 4 is 11.6 Å². The number of hydrogen-bond acceptors (Lipinski definition) is 4. The van der Waals surface area contributed by atoms with Gasteiger partial charge in [-0.15, -0.1) is 0 Å². The van der Waals surface area contributed by atoms with Crippen molar-refractivity contribution in [2.24, 2.45) is 0 Å². The fourth-order valence-electron chi connectivity index (χ4n) is 1.36. The molecule has 0 radical (unpaired) electrons. The number of hydrogen-bond donors (Lipinski definition) is 0. The first-order valence-corrected chi connectivity index (χ1v) is 5.66. The molecule has 1 aromatic heterocycles. The fraction of sp³-hybridized carbons (Fsp3) is 0.154. The summed E-state index contributed by atoms with van der Waals surface area (Å²) in [7, 11) is 0. The average molecular weight is 260 g/mol. The van der Waals surface area contributed by atoms with Gasteiger partial charge in [0.05, 0.1) is 23.0 Å². The van der Waals surface area contributed by atoms with Crippen LogP contribution in [0.5, 0.6) is 11.6 Å². The SMILES string of the molecule is Cc1nc(Cl)c(Oc2cccc(C#N)c2)nc1C. The molecule has 0 N–H and O–H groups in total. The van der Waals surface area contributed by atoms with Crippen LogP contribution in [0.1, 0.15) is 17.0 Å². The van der Waals surface area contributed by atoms with Crippen LogP contribution in [-0.2, 0) is 0 Å². The molecule has 0 amide bonds. The van der Waals surface area contributed by atoms with Gasteiger partial charge in [0, 0.05) is 0 Å². The first kappa shape index (κ1) is 12.3. The topological polar surface area (TPSA) is 58.8 Å². The summed E-state index contributed by atoms with van der Waals surface area (Å²) in [6.07, 6.45) is 0. The van der Waals surface area contributed by atoms with E-state index in [-0.39, 0.29) is 11.0 Å². The molecule has 2 rings (SSSR count). The van der Waals surface area contributed by atoms with Crippen molar-refractivity contribution in [3.8, 4) is 17.7 Å². The summed E-state index contributed by atoms with van der Waals surface area (Å²) in [6.45, 7) is 3.66. The Labute approximate surface area is 110 Å². The molecule has 0 unspecified atom stereocenters. The van der Waals surface area contributed by atoms with Gasteiger partial charge in [-0.2, -0.15) is 5.26 Å². The molecule has 90 valence electrons. The number of ether oxygens (including phenoxy) is 1. The standard InChI is InChI=1S/C13H10ClN3O/c1-8-9(2)17-13(12(14)16-8)18-11-5-3-4-10(6-11)7-15/h3-6H,1-2H3. The number of benzene rings is 1. The van der Waals surface area contributed by atoms with Gasteiger partial charge in [-0.25, -0.2) is 9.97 Å². The molecular weight excluding hydrogens is 250 g/mol. The Kier molecular flexibility index (Phi) is 3.45. The van der Waals surface area contributed by atoms with Crippen molar-refractivity contribution in [2.45, 2.75) is 13.8 Å². The fourth-order valence-corrected chi connectivity index (χ4v) is 1.57. The zero-order chi connectivity index (χ0) is 13.1. The van der Waals surface area contributed by atoms with Crippen LogP contribution in [0.15, 0.2) is 24.3 Å². The summed E-state index contributed by atoms with van der Waals surface area (Å²) in [6, 6.07) is 8.82. The van der Waals surface area contributed by atoms with Crippen LogP contribution >= 0.6 is 11.6 Å². The number of aryl methyl sites for hydroxylation is 2. The van der Waals surface area contributed by atoms with Gasteiger partial charge in [0.15, 0.2) is 5.15 Å². The Bertz CT molecular complexity index is 635. The van der Waals surface area contributed by atoms with Crippen molar-refractivity contribution < 1.29 is 4.74 Å². The molecule has 0 aliphatic rings. The van der Waals surface area contributed by atoms with E-state index in [1.54, 1.807) is 24.3 Å². The summed E-state index contributed by atoms with van der Waals surface area (Å²) in [5.41, 5.74) is 2.03. The van der Waals surface area contributed by atoms with Crippen molar-refractivity contribution in [1.29, 1.82) is 5.26 Å². The summed E-state index contributed by atoms with van der Waals surface area (Å²) < 4.78 is 5.53. The van der Waals surface area contributed by atoms with Gasteiger partial charge in [0.1, 0.15) is 5.75 Å². The molecule has 1 aromatic carbocycles. The maximum Gasteiger partial charge on any atom is 0.257 e. The number of nitriles is 1. The molecule has 2 aromatic rings. The number of nitrogens with zero attached hydrogens (tertiary/aromatic N) is 3. The first-order valence-electron chi connectivity index (χ1n) is 5.29. The third kappa shape index (κ3) is 2.58. The molecule has 0 atom stereocenters. The Morgan fingerprint density at radius 3 is 2.67 bits per heavy atom. The average Bonchev–Trinajstić information content (AvgIpc) is 2.36. The molecule has 0 bridgehead atoms. The van der Waals surface area contributed by atoms with Crippen molar-refractivity contribution in [3.05, 3.63) is 46.4 Å². The van der Waals surface area contributed by atoms with Crippen LogP contribution in [-0.4, -0.2) is 9.97 Å². The van der Waals surface area contributed by atoms with Crippen molar-refractivity contribution in [3.63, 3.8) is 0 Å². The highest BCUT2D eigenvalue weighted by Gasteiger charge is 2.09. The zero-order valence-corrected chi connectivity index (χ0v) is 10.7. The van der Waals surface area contributed by atoms with Gasteiger partial charge >= 0.3 is 0 Å². The third-order valence-corrected chi connectivity index (χ3v) is 2.66. The molecule has 18 heavy (non-hydrogen) atoms. The predicted molar refractivity (Wildman–Crippen MR) is 67.7 cm³/mol. The van der Waals surface area contributed by atoms with Gasteiger partial charge in [-0.1, -0.05) is 17.7 Å². The summed E-state index contributed by atoms with van der Waals surface area (Å²) in [5, 5.41) is 9.01. The Balaban J connectivity index is 2.34. The maximum atomic E-state index is 8.80. The number of halogens is 1. The third-order valence-electron chi connectivity index (χ3n) is 2.41. The molecule has 5 heteroatoms. The van der Waals surface area contributed by atoms with Crippen LogP contribution in [0.2, 0.25) is 5.15 Å². The molecule has 0 aliphatic carbocycles. The van der Waals surface area contributed by atoms with E-state index in [0.717, 1.165) is 11.4 Å². The minimum atomic E-state index is 0.209. The Morgan fingerprint density at radius 2 is 1.94 bits per heavy atom. The van der Waals surface area contributed by atoms with Crippen molar-refractivity contribution in [1.82, 2.24) is 9.97 Å². The second-order valence-electron chi connectivity index (χ2n) is 3.73. The molecule has 0 fully saturated rings. The van der Waals surface area contributed by atoms with E-state index < -0.39 is 0 Å². The lowest BCUT2D eigenvalue weighted by Gasteiger charge is -2.08. The van der Waals surface area contributed by atoms with Gasteiger partial charge in [0.2, 0.25) is 0 Å². The smallest absolute Gasteiger partial charge is 0.257 e. The molecule has 0 saturated heterocycles. The normalized spacial score (nSPS) is 9.89. The predicted octanol–water partition coefficient (Wildman–Crippen LogP) is 3.41. The molecule has 1 heterocycles. The first-order chi connectivity index (χ1) is 8.60. The van der Waals surface area contributed by atoms with E-state index in [9.17, 15) is 0 Å². The van der Waals surface area contributed by atoms with E-state index in [1.165, 1.54) is 0 Å². The van der Waals surface area contributed by atoms with Crippen LogP contribution in [0.3, 0.4) is 0 Å². The number of rotatable bonds is 2. The van der Waals surface area contributed by atoms with E-state index >= 15 is 0 Å². The lowest BCUT2D eigenvalue weighted by molar-refractivity contribution is 0.458. The van der Waals surface area contributed by atoms with E-state index in [2.05, 4.69) is 9.97 Å². The molecule has 0 saturated carbocycles. The summed E-state index contributed by atoms with van der Waals surface area (Å²) >= 11 is 5.96. The molecule has 0 spiro atoms. The monoisotopic (exact) mass is 259 g/mol. The second kappa shape index (κ2) is 5.03. The van der Waals surface area contributed by atoms with E-state index in [4.69, 9.17) is 21.6 Å². The Hall–Kier alpha value is -2.12. The van der Waals surface area contributed by atoms with Gasteiger partial charge < -0.3 is 4.74 Å². The van der Waals surface area contributed by atoms with Gasteiger partial charge in [-0.3, -0.25) is 0 Å². The minimum absolute atomic E-state index is 0.209. The largest absolute Gasteiger partial charge is 0.436 e. The lowest BCUT2D eigenvalue weighted by atomic mass is 10.2. The van der Waals surface area contributed by atoms with E-state index in [1.807, 2.05) is 19.9 Å². The van der Waals surface area contributed by atoms with Gasteiger partial charge in [-0.05, 0) is 32.0 Å². The maximum absolute atomic E-state index is 8.80. The quantitative estimate of drug-likeness (QED) is 0.829. The van der Waals surface area contributed by atoms with Crippen LogP contribution in [0.25, 0.3) is 0 Å². The van der Waals surface area contributed by atoms with Crippen LogP contribution in [0, 0.1) is 25.2 Å². The molecule has 0 aliphatic heterocycles. The zero-order valence-electron chi connectivity index (χ0n) is 9.94.